The van der Waals surface area contributed by atoms with Gasteiger partial charge in [-0.1, -0.05) is 18.3 Å². The number of primary amides is 1. The van der Waals surface area contributed by atoms with Crippen molar-refractivity contribution in [3.63, 3.8) is 0 Å². The summed E-state index contributed by atoms with van der Waals surface area (Å²) < 4.78 is 0. The largest absolute Gasteiger partial charge is 0.368 e. The fourth-order valence-corrected chi connectivity index (χ4v) is 3.34. The van der Waals surface area contributed by atoms with Crippen molar-refractivity contribution in [2.45, 2.75) is 26.3 Å². The number of nitrogens with zero attached hydrogens (tertiary/aromatic N) is 4. The van der Waals surface area contributed by atoms with Gasteiger partial charge >= 0.3 is 6.03 Å². The highest BCUT2D eigenvalue weighted by molar-refractivity contribution is 7.22. The van der Waals surface area contributed by atoms with Gasteiger partial charge in [0.25, 0.3) is 0 Å². The van der Waals surface area contributed by atoms with E-state index < -0.39 is 11.9 Å². The third-order valence-corrected chi connectivity index (χ3v) is 4.76. The Balaban J connectivity index is 2.05. The molecular formula is C17H20N8O2S. The van der Waals surface area contributed by atoms with E-state index in [0.29, 0.717) is 45.4 Å². The zero-order valence-electron chi connectivity index (χ0n) is 15.4. The molecule has 10 nitrogen and oxygen atoms in total. The van der Waals surface area contributed by atoms with E-state index in [0.717, 1.165) is 0 Å². The summed E-state index contributed by atoms with van der Waals surface area (Å²) in [7, 11) is 0. The molecular weight excluding hydrogens is 380 g/mol. The SMILES string of the molecule is CCNC(=O)Nc1nc2cc(-c3cncnc3)c(NC(CC)C(N)=O)nc2s1. The van der Waals surface area contributed by atoms with Gasteiger partial charge in [-0.05, 0) is 19.4 Å². The van der Waals surface area contributed by atoms with Gasteiger partial charge in [0.15, 0.2) is 5.13 Å². The van der Waals surface area contributed by atoms with Crippen LogP contribution in [0, 0.1) is 0 Å². The van der Waals surface area contributed by atoms with Crippen molar-refractivity contribution in [3.05, 3.63) is 24.8 Å². The molecule has 0 aliphatic heterocycles. The van der Waals surface area contributed by atoms with Crippen LogP contribution in [0.4, 0.5) is 15.7 Å². The maximum Gasteiger partial charge on any atom is 0.321 e. The minimum absolute atomic E-state index is 0.337. The molecule has 5 N–H and O–H groups in total. The number of nitrogens with two attached hydrogens (primary N) is 1. The summed E-state index contributed by atoms with van der Waals surface area (Å²) in [6.07, 6.45) is 5.23. The predicted molar refractivity (Wildman–Crippen MR) is 108 cm³/mol. The normalized spacial score (nSPS) is 11.8. The highest BCUT2D eigenvalue weighted by Crippen LogP contribution is 2.33. The summed E-state index contributed by atoms with van der Waals surface area (Å²) in [6, 6.07) is 0.904. The Morgan fingerprint density at radius 1 is 1.21 bits per heavy atom. The smallest absolute Gasteiger partial charge is 0.321 e. The van der Waals surface area contributed by atoms with Gasteiger partial charge < -0.3 is 16.4 Å². The van der Waals surface area contributed by atoms with Gasteiger partial charge in [0.05, 0.1) is 0 Å². The molecule has 0 fully saturated rings. The van der Waals surface area contributed by atoms with Gasteiger partial charge in [0.2, 0.25) is 5.91 Å². The standard InChI is InChI=1S/C17H20N8O2S/c1-3-11(13(18)26)22-14-10(9-6-19-8-20-7-9)5-12-15(24-14)28-17(23-12)25-16(27)21-4-2/h5-8,11H,3-4H2,1-2H3,(H2,18,26)(H,22,24)(H2,21,23,25,27). The van der Waals surface area contributed by atoms with Crippen molar-refractivity contribution in [1.82, 2.24) is 25.3 Å². The monoisotopic (exact) mass is 400 g/mol. The van der Waals surface area contributed by atoms with Crippen LogP contribution in [0.1, 0.15) is 20.3 Å². The fourth-order valence-electron chi connectivity index (χ4n) is 2.53. The zero-order valence-corrected chi connectivity index (χ0v) is 16.2. The molecule has 0 saturated carbocycles. The van der Waals surface area contributed by atoms with E-state index >= 15 is 0 Å². The van der Waals surface area contributed by atoms with E-state index in [-0.39, 0.29) is 6.03 Å². The number of pyridine rings is 1. The number of amides is 3. The molecule has 1 atom stereocenters. The molecule has 0 bridgehead atoms. The van der Waals surface area contributed by atoms with E-state index in [9.17, 15) is 9.59 Å². The van der Waals surface area contributed by atoms with Crippen LogP contribution in [0.25, 0.3) is 21.5 Å². The molecule has 0 aliphatic rings. The second kappa shape index (κ2) is 8.57. The first kappa shape index (κ1) is 19.4. The number of carbonyl (C=O) groups excluding carboxylic acids is 2. The van der Waals surface area contributed by atoms with Crippen LogP contribution in [-0.4, -0.2) is 44.5 Å². The minimum Gasteiger partial charge on any atom is -0.368 e. The lowest BCUT2D eigenvalue weighted by molar-refractivity contribution is -0.118. The molecule has 3 rings (SSSR count). The number of rotatable bonds is 7. The Kier molecular flexibility index (Phi) is 5.94. The average Bonchev–Trinajstić information content (AvgIpc) is 3.06. The van der Waals surface area contributed by atoms with E-state index in [4.69, 9.17) is 5.73 Å². The Hall–Kier alpha value is -3.34. The number of fused-ring (bicyclic) bond motifs is 1. The van der Waals surface area contributed by atoms with Gasteiger partial charge in [0, 0.05) is 30.1 Å². The van der Waals surface area contributed by atoms with E-state index in [2.05, 4.69) is 35.9 Å². The summed E-state index contributed by atoms with van der Waals surface area (Å²) in [6.45, 7) is 4.19. The van der Waals surface area contributed by atoms with Crippen molar-refractivity contribution >= 4 is 44.6 Å². The molecule has 146 valence electrons. The second-order valence-corrected chi connectivity index (χ2v) is 6.82. The molecule has 0 saturated heterocycles. The molecule has 3 amide bonds. The van der Waals surface area contributed by atoms with Crippen LogP contribution in [0.15, 0.2) is 24.8 Å². The molecule has 3 heterocycles. The molecule has 0 radical (unpaired) electrons. The highest BCUT2D eigenvalue weighted by Gasteiger charge is 2.19. The lowest BCUT2D eigenvalue weighted by atomic mass is 10.1. The molecule has 3 aromatic rings. The summed E-state index contributed by atoms with van der Waals surface area (Å²) in [5.41, 5.74) is 7.47. The van der Waals surface area contributed by atoms with Gasteiger partial charge in [-0.2, -0.15) is 0 Å². The van der Waals surface area contributed by atoms with Crippen LogP contribution in [-0.2, 0) is 4.79 Å². The lowest BCUT2D eigenvalue weighted by Gasteiger charge is -2.16. The lowest BCUT2D eigenvalue weighted by Crippen LogP contribution is -2.35. The Labute approximate surface area is 165 Å². The summed E-state index contributed by atoms with van der Waals surface area (Å²) in [5, 5.41) is 8.84. The topological polar surface area (TPSA) is 148 Å². The van der Waals surface area contributed by atoms with Crippen LogP contribution >= 0.6 is 11.3 Å². The van der Waals surface area contributed by atoms with Gasteiger partial charge in [0.1, 0.15) is 28.5 Å². The Morgan fingerprint density at radius 3 is 2.61 bits per heavy atom. The Morgan fingerprint density at radius 2 is 1.96 bits per heavy atom. The maximum absolute atomic E-state index is 11.7. The third-order valence-electron chi connectivity index (χ3n) is 3.88. The van der Waals surface area contributed by atoms with Crippen LogP contribution < -0.4 is 21.7 Å². The number of nitrogens with one attached hydrogen (secondary N) is 3. The highest BCUT2D eigenvalue weighted by atomic mass is 32.1. The molecule has 0 aromatic carbocycles. The number of thiazole rings is 1. The number of hydrogen-bond donors (Lipinski definition) is 4. The Bertz CT molecular complexity index is 991. The number of urea groups is 1. The van der Waals surface area contributed by atoms with Crippen molar-refractivity contribution in [1.29, 1.82) is 0 Å². The summed E-state index contributed by atoms with van der Waals surface area (Å²) >= 11 is 1.23. The molecule has 28 heavy (non-hydrogen) atoms. The van der Waals surface area contributed by atoms with Gasteiger partial charge in [-0.25, -0.2) is 24.7 Å². The molecule has 11 heteroatoms. The van der Waals surface area contributed by atoms with Crippen LogP contribution in [0.2, 0.25) is 0 Å². The third kappa shape index (κ3) is 4.31. The molecule has 1 unspecified atom stereocenters. The molecule has 0 spiro atoms. The first-order valence-electron chi connectivity index (χ1n) is 8.69. The summed E-state index contributed by atoms with van der Waals surface area (Å²) in [4.78, 5) is 41.1. The first-order chi connectivity index (χ1) is 13.5. The number of carbonyl (C=O) groups is 2. The van der Waals surface area contributed by atoms with Gasteiger partial charge in [-0.15, -0.1) is 0 Å². The average molecular weight is 400 g/mol. The molecule has 3 aromatic heterocycles. The zero-order chi connectivity index (χ0) is 20.1. The summed E-state index contributed by atoms with van der Waals surface area (Å²) in [5.74, 6) is 0.00344. The number of hydrogen-bond acceptors (Lipinski definition) is 8. The van der Waals surface area contributed by atoms with Crippen LogP contribution in [0.3, 0.4) is 0 Å². The quantitative estimate of drug-likeness (QED) is 0.474. The minimum atomic E-state index is -0.575. The van der Waals surface area contributed by atoms with E-state index in [1.54, 1.807) is 12.4 Å². The maximum atomic E-state index is 11.7. The van der Waals surface area contributed by atoms with E-state index in [1.165, 1.54) is 17.7 Å². The first-order valence-corrected chi connectivity index (χ1v) is 9.51. The predicted octanol–water partition coefficient (Wildman–Crippen LogP) is 1.97. The van der Waals surface area contributed by atoms with Crippen LogP contribution in [0.5, 0.6) is 0 Å². The number of anilines is 2. The van der Waals surface area contributed by atoms with Crippen molar-refractivity contribution < 1.29 is 9.59 Å². The van der Waals surface area contributed by atoms with Crippen molar-refractivity contribution in [2.24, 2.45) is 5.73 Å². The van der Waals surface area contributed by atoms with E-state index in [1.807, 2.05) is 19.9 Å². The molecule has 0 aliphatic carbocycles. The van der Waals surface area contributed by atoms with Crippen molar-refractivity contribution in [2.75, 3.05) is 17.2 Å². The van der Waals surface area contributed by atoms with Crippen molar-refractivity contribution in [3.8, 4) is 11.1 Å². The fraction of sp³-hybridized carbons (Fsp3) is 0.294. The van der Waals surface area contributed by atoms with Gasteiger partial charge in [-0.3, -0.25) is 10.1 Å². The number of aromatic nitrogens is 4. The second-order valence-electron chi connectivity index (χ2n) is 5.85.